The van der Waals surface area contributed by atoms with Crippen LogP contribution in [-0.2, 0) is 26.2 Å². The average Bonchev–Trinajstić information content (AvgIpc) is 2.87. The van der Waals surface area contributed by atoms with Crippen molar-refractivity contribution >= 4 is 50.7 Å². The second-order valence-corrected chi connectivity index (χ2v) is 11.3. The maximum absolute atomic E-state index is 13.8. The largest absolute Gasteiger partial charge is 0.355 e. The minimum absolute atomic E-state index is 0.0438. The SMILES string of the molecule is CCNC(=O)C(C)N(Cc1c(Cl)cccc1Cl)C(=O)CN(c1ccc(F)cc1)S(=O)(=O)c1ccc(C)cc1. The van der Waals surface area contributed by atoms with Crippen molar-refractivity contribution in [3.8, 4) is 0 Å². The fraction of sp³-hybridized carbons (Fsp3) is 0.259. The summed E-state index contributed by atoms with van der Waals surface area (Å²) in [7, 11) is -4.25. The predicted molar refractivity (Wildman–Crippen MR) is 147 cm³/mol. The molecular weight excluding hydrogens is 552 g/mol. The third kappa shape index (κ3) is 6.83. The number of nitrogens with zero attached hydrogens (tertiary/aromatic N) is 2. The molecule has 1 N–H and O–H groups in total. The van der Waals surface area contributed by atoms with Gasteiger partial charge in [0.25, 0.3) is 10.0 Å². The van der Waals surface area contributed by atoms with Crippen LogP contribution in [0.2, 0.25) is 10.0 Å². The second kappa shape index (κ2) is 12.6. The van der Waals surface area contributed by atoms with E-state index in [1.807, 2.05) is 6.92 Å². The van der Waals surface area contributed by atoms with Crippen LogP contribution in [0.3, 0.4) is 0 Å². The normalized spacial score (nSPS) is 12.1. The Balaban J connectivity index is 2.06. The molecule has 11 heteroatoms. The molecule has 0 radical (unpaired) electrons. The van der Waals surface area contributed by atoms with Gasteiger partial charge in [-0.1, -0.05) is 47.0 Å². The lowest BCUT2D eigenvalue weighted by Gasteiger charge is -2.32. The van der Waals surface area contributed by atoms with Gasteiger partial charge in [-0.15, -0.1) is 0 Å². The first-order chi connectivity index (χ1) is 17.9. The first-order valence-electron chi connectivity index (χ1n) is 11.8. The van der Waals surface area contributed by atoms with Gasteiger partial charge >= 0.3 is 0 Å². The zero-order valence-corrected chi connectivity index (χ0v) is 23.4. The predicted octanol–water partition coefficient (Wildman–Crippen LogP) is 5.19. The van der Waals surface area contributed by atoms with Crippen molar-refractivity contribution in [1.82, 2.24) is 10.2 Å². The molecule has 0 spiro atoms. The van der Waals surface area contributed by atoms with E-state index in [4.69, 9.17) is 23.2 Å². The van der Waals surface area contributed by atoms with Crippen molar-refractivity contribution < 1.29 is 22.4 Å². The topological polar surface area (TPSA) is 86.8 Å². The standard InChI is InChI=1S/C27H28Cl2FN3O4S/c1-4-31-27(35)19(3)32(16-23-24(28)6-5-7-25(23)29)26(34)17-33(21-12-10-20(30)11-13-21)38(36,37)22-14-8-18(2)9-15-22/h5-15,19H,4,16-17H2,1-3H3,(H,31,35). The number of hydrogen-bond donors (Lipinski definition) is 1. The summed E-state index contributed by atoms with van der Waals surface area (Å²) in [6, 6.07) is 14.8. The van der Waals surface area contributed by atoms with Gasteiger partial charge in [-0.3, -0.25) is 13.9 Å². The van der Waals surface area contributed by atoms with E-state index in [-0.39, 0.29) is 17.1 Å². The van der Waals surface area contributed by atoms with Crippen LogP contribution in [0.4, 0.5) is 10.1 Å². The summed E-state index contributed by atoms with van der Waals surface area (Å²) in [6.45, 7) is 4.63. The number of aryl methyl sites for hydroxylation is 1. The highest BCUT2D eigenvalue weighted by molar-refractivity contribution is 7.92. The summed E-state index contributed by atoms with van der Waals surface area (Å²) in [4.78, 5) is 27.7. The molecule has 0 aliphatic heterocycles. The number of benzene rings is 3. The Morgan fingerprint density at radius 2 is 1.55 bits per heavy atom. The van der Waals surface area contributed by atoms with Crippen molar-refractivity contribution in [2.75, 3.05) is 17.4 Å². The molecular formula is C27H28Cl2FN3O4S. The number of halogens is 3. The zero-order chi connectivity index (χ0) is 28.0. The van der Waals surface area contributed by atoms with Crippen molar-refractivity contribution in [3.63, 3.8) is 0 Å². The van der Waals surface area contributed by atoms with E-state index in [0.717, 1.165) is 22.0 Å². The first-order valence-corrected chi connectivity index (χ1v) is 14.0. The molecule has 1 unspecified atom stereocenters. The molecule has 2 amide bonds. The number of amides is 2. The molecule has 3 rings (SSSR count). The van der Waals surface area contributed by atoms with Crippen LogP contribution < -0.4 is 9.62 Å². The van der Waals surface area contributed by atoms with Gasteiger partial charge in [-0.25, -0.2) is 12.8 Å². The Labute approximate surface area is 232 Å². The summed E-state index contributed by atoms with van der Waals surface area (Å²) in [6.07, 6.45) is 0. The Hall–Kier alpha value is -3.14. The average molecular weight is 581 g/mol. The fourth-order valence-electron chi connectivity index (χ4n) is 3.73. The summed E-state index contributed by atoms with van der Waals surface area (Å²) < 4.78 is 42.0. The highest BCUT2D eigenvalue weighted by Gasteiger charge is 2.33. The second-order valence-electron chi connectivity index (χ2n) is 8.59. The Kier molecular flexibility index (Phi) is 9.76. The molecule has 0 fully saturated rings. The number of anilines is 1. The van der Waals surface area contributed by atoms with Crippen LogP contribution in [0.1, 0.15) is 25.0 Å². The highest BCUT2D eigenvalue weighted by Crippen LogP contribution is 2.28. The molecule has 3 aromatic rings. The van der Waals surface area contributed by atoms with Crippen molar-refractivity contribution in [3.05, 3.63) is 93.7 Å². The van der Waals surface area contributed by atoms with Gasteiger partial charge in [0.2, 0.25) is 11.8 Å². The lowest BCUT2D eigenvalue weighted by Crippen LogP contribution is -2.51. The van der Waals surface area contributed by atoms with E-state index in [0.29, 0.717) is 22.2 Å². The monoisotopic (exact) mass is 579 g/mol. The summed E-state index contributed by atoms with van der Waals surface area (Å²) in [5.74, 6) is -1.67. The van der Waals surface area contributed by atoms with E-state index in [2.05, 4.69) is 5.32 Å². The Bertz CT molecular complexity index is 1380. The number of nitrogens with one attached hydrogen (secondary N) is 1. The van der Waals surface area contributed by atoms with Crippen molar-refractivity contribution in [2.24, 2.45) is 0 Å². The number of sulfonamides is 1. The third-order valence-corrected chi connectivity index (χ3v) is 8.41. The number of carbonyl (C=O) groups is 2. The maximum Gasteiger partial charge on any atom is 0.264 e. The summed E-state index contributed by atoms with van der Waals surface area (Å²) in [5, 5.41) is 3.26. The molecule has 0 heterocycles. The number of rotatable bonds is 10. The van der Waals surface area contributed by atoms with Gasteiger partial charge in [0.1, 0.15) is 18.4 Å². The highest BCUT2D eigenvalue weighted by atomic mass is 35.5. The van der Waals surface area contributed by atoms with Gasteiger partial charge in [0.05, 0.1) is 10.6 Å². The minimum Gasteiger partial charge on any atom is -0.355 e. The van der Waals surface area contributed by atoms with Gasteiger partial charge in [0, 0.05) is 28.7 Å². The molecule has 0 aliphatic carbocycles. The van der Waals surface area contributed by atoms with E-state index >= 15 is 0 Å². The van der Waals surface area contributed by atoms with E-state index < -0.39 is 40.2 Å². The molecule has 0 aromatic heterocycles. The molecule has 38 heavy (non-hydrogen) atoms. The number of carbonyl (C=O) groups excluding carboxylic acids is 2. The molecule has 1 atom stereocenters. The van der Waals surface area contributed by atoms with Crippen LogP contribution in [0, 0.1) is 12.7 Å². The number of hydrogen-bond acceptors (Lipinski definition) is 4. The zero-order valence-electron chi connectivity index (χ0n) is 21.1. The van der Waals surface area contributed by atoms with Crippen molar-refractivity contribution in [1.29, 1.82) is 0 Å². The van der Waals surface area contributed by atoms with Crippen LogP contribution in [0.25, 0.3) is 0 Å². The van der Waals surface area contributed by atoms with Crippen LogP contribution in [0.5, 0.6) is 0 Å². The Morgan fingerprint density at radius 3 is 2.11 bits per heavy atom. The molecule has 3 aromatic carbocycles. The lowest BCUT2D eigenvalue weighted by atomic mass is 10.1. The molecule has 202 valence electrons. The van der Waals surface area contributed by atoms with E-state index in [1.165, 1.54) is 36.1 Å². The van der Waals surface area contributed by atoms with Gasteiger partial charge in [-0.2, -0.15) is 0 Å². The van der Waals surface area contributed by atoms with Gasteiger partial charge in [0.15, 0.2) is 0 Å². The lowest BCUT2D eigenvalue weighted by molar-refractivity contribution is -0.139. The van der Waals surface area contributed by atoms with E-state index in [9.17, 15) is 22.4 Å². The summed E-state index contributed by atoms with van der Waals surface area (Å²) >= 11 is 12.7. The quantitative estimate of drug-likeness (QED) is 0.358. The molecule has 0 saturated heterocycles. The van der Waals surface area contributed by atoms with Gasteiger partial charge in [-0.05, 0) is 69.3 Å². The number of likely N-dealkylation sites (N-methyl/N-ethyl adjacent to an activating group) is 1. The molecule has 7 nitrogen and oxygen atoms in total. The first kappa shape index (κ1) is 29.4. The molecule has 0 aliphatic rings. The van der Waals surface area contributed by atoms with Gasteiger partial charge < -0.3 is 10.2 Å². The smallest absolute Gasteiger partial charge is 0.264 e. The third-order valence-electron chi connectivity index (χ3n) is 5.91. The maximum atomic E-state index is 13.8. The van der Waals surface area contributed by atoms with Crippen LogP contribution in [0.15, 0.2) is 71.6 Å². The van der Waals surface area contributed by atoms with Crippen LogP contribution >= 0.6 is 23.2 Å². The Morgan fingerprint density at radius 1 is 0.974 bits per heavy atom. The van der Waals surface area contributed by atoms with E-state index in [1.54, 1.807) is 37.3 Å². The minimum atomic E-state index is -4.25. The molecule has 0 saturated carbocycles. The summed E-state index contributed by atoms with van der Waals surface area (Å²) in [5.41, 5.74) is 1.35. The van der Waals surface area contributed by atoms with Crippen molar-refractivity contribution in [2.45, 2.75) is 38.3 Å². The molecule has 0 bridgehead atoms. The fourth-order valence-corrected chi connectivity index (χ4v) is 5.66. The van der Waals surface area contributed by atoms with Crippen LogP contribution in [-0.4, -0.2) is 44.3 Å².